The summed E-state index contributed by atoms with van der Waals surface area (Å²) >= 11 is 0. The minimum absolute atomic E-state index is 0.0203. The van der Waals surface area contributed by atoms with Crippen LogP contribution in [0.15, 0.2) is 53.6 Å². The maximum absolute atomic E-state index is 13.5. The number of nitrogens with zero attached hydrogens (tertiary/aromatic N) is 2. The Morgan fingerprint density at radius 1 is 1.17 bits per heavy atom. The van der Waals surface area contributed by atoms with Crippen LogP contribution in [0.3, 0.4) is 0 Å². The van der Waals surface area contributed by atoms with Crippen molar-refractivity contribution in [3.05, 3.63) is 76.3 Å². The fraction of sp³-hybridized carbons (Fsp3) is 0.118. The first-order valence-corrected chi connectivity index (χ1v) is 7.19. The number of fused-ring (bicyclic) bond motifs is 1. The van der Waals surface area contributed by atoms with Crippen LogP contribution in [0, 0.1) is 11.6 Å². The van der Waals surface area contributed by atoms with Crippen LogP contribution < -0.4 is 10.9 Å². The molecule has 0 spiro atoms. The number of hydrogen-bond donors (Lipinski definition) is 1. The Kier molecular flexibility index (Phi) is 4.33. The molecule has 0 aliphatic heterocycles. The molecule has 7 heteroatoms. The van der Waals surface area contributed by atoms with Gasteiger partial charge >= 0.3 is 0 Å². The van der Waals surface area contributed by atoms with Crippen LogP contribution in [0.25, 0.3) is 10.9 Å². The van der Waals surface area contributed by atoms with Crippen molar-refractivity contribution >= 4 is 16.8 Å². The zero-order valence-corrected chi connectivity index (χ0v) is 12.5. The number of hydrogen-bond acceptors (Lipinski definition) is 3. The van der Waals surface area contributed by atoms with Crippen LogP contribution in [-0.4, -0.2) is 15.5 Å². The van der Waals surface area contributed by atoms with E-state index in [2.05, 4.69) is 10.3 Å². The van der Waals surface area contributed by atoms with E-state index in [1.807, 2.05) is 0 Å². The van der Waals surface area contributed by atoms with Gasteiger partial charge in [0.25, 0.3) is 5.56 Å². The van der Waals surface area contributed by atoms with Crippen molar-refractivity contribution in [3.63, 3.8) is 0 Å². The van der Waals surface area contributed by atoms with Crippen molar-refractivity contribution in [2.45, 2.75) is 13.1 Å². The largest absolute Gasteiger partial charge is 0.350 e. The zero-order chi connectivity index (χ0) is 17.1. The van der Waals surface area contributed by atoms with Gasteiger partial charge in [-0.25, -0.2) is 13.8 Å². The van der Waals surface area contributed by atoms with Crippen LogP contribution in [0.5, 0.6) is 0 Å². The van der Waals surface area contributed by atoms with Gasteiger partial charge in [-0.15, -0.1) is 0 Å². The lowest BCUT2D eigenvalue weighted by Gasteiger charge is -2.08. The Bertz CT molecular complexity index is 969. The number of aromatic nitrogens is 2. The lowest BCUT2D eigenvalue weighted by molar-refractivity contribution is -0.121. The van der Waals surface area contributed by atoms with Gasteiger partial charge < -0.3 is 5.32 Å². The molecule has 1 heterocycles. The summed E-state index contributed by atoms with van der Waals surface area (Å²) in [7, 11) is 0. The van der Waals surface area contributed by atoms with Crippen LogP contribution in [0.4, 0.5) is 8.78 Å². The SMILES string of the molecule is O=C(Cn1cnc2cc(F)ccc2c1=O)NCc1ccccc1F. The molecular formula is C17H13F2N3O2. The normalized spacial score (nSPS) is 10.8. The van der Waals surface area contributed by atoms with E-state index in [0.29, 0.717) is 5.56 Å². The van der Waals surface area contributed by atoms with Crippen LogP contribution in [0.1, 0.15) is 5.56 Å². The predicted octanol–water partition coefficient (Wildman–Crippen LogP) is 1.99. The molecular weight excluding hydrogens is 316 g/mol. The summed E-state index contributed by atoms with van der Waals surface area (Å²) in [5.41, 5.74) is 0.134. The van der Waals surface area contributed by atoms with Gasteiger partial charge in [0.2, 0.25) is 5.91 Å². The summed E-state index contributed by atoms with van der Waals surface area (Å²) in [6.45, 7) is -0.236. The third-order valence-electron chi connectivity index (χ3n) is 3.54. The molecule has 0 radical (unpaired) electrons. The average Bonchev–Trinajstić information content (AvgIpc) is 2.56. The van der Waals surface area contributed by atoms with Gasteiger partial charge in [-0.2, -0.15) is 0 Å². The van der Waals surface area contributed by atoms with Crippen LogP contribution >= 0.6 is 0 Å². The number of benzene rings is 2. The number of carbonyl (C=O) groups excluding carboxylic acids is 1. The molecule has 0 aliphatic carbocycles. The zero-order valence-electron chi connectivity index (χ0n) is 12.5. The number of nitrogens with one attached hydrogen (secondary N) is 1. The van der Waals surface area contributed by atoms with Gasteiger partial charge in [0.15, 0.2) is 0 Å². The van der Waals surface area contributed by atoms with E-state index in [1.165, 1.54) is 18.5 Å². The number of rotatable bonds is 4. The second kappa shape index (κ2) is 6.57. The Labute approximate surface area is 135 Å². The van der Waals surface area contributed by atoms with E-state index in [9.17, 15) is 18.4 Å². The topological polar surface area (TPSA) is 64.0 Å². The highest BCUT2D eigenvalue weighted by Crippen LogP contribution is 2.08. The van der Waals surface area contributed by atoms with Crippen LogP contribution in [-0.2, 0) is 17.9 Å². The second-order valence-electron chi connectivity index (χ2n) is 5.21. The summed E-state index contributed by atoms with van der Waals surface area (Å²) in [5, 5.41) is 2.77. The summed E-state index contributed by atoms with van der Waals surface area (Å²) in [6.07, 6.45) is 1.19. The van der Waals surface area contributed by atoms with Crippen molar-refractivity contribution < 1.29 is 13.6 Å². The highest BCUT2D eigenvalue weighted by Gasteiger charge is 2.09. The van der Waals surface area contributed by atoms with Crippen molar-refractivity contribution in [1.29, 1.82) is 0 Å². The Morgan fingerprint density at radius 2 is 1.96 bits per heavy atom. The molecule has 0 saturated heterocycles. The Hall–Kier alpha value is -3.09. The van der Waals surface area contributed by atoms with E-state index in [-0.39, 0.29) is 24.0 Å². The first-order chi connectivity index (χ1) is 11.5. The summed E-state index contributed by atoms with van der Waals surface area (Å²) in [5.74, 6) is -1.36. The van der Waals surface area contributed by atoms with Gasteiger partial charge in [0, 0.05) is 18.2 Å². The third-order valence-corrected chi connectivity index (χ3v) is 3.54. The van der Waals surface area contributed by atoms with Crippen molar-refractivity contribution in [3.8, 4) is 0 Å². The lowest BCUT2D eigenvalue weighted by Crippen LogP contribution is -2.32. The molecule has 2 aromatic carbocycles. The molecule has 24 heavy (non-hydrogen) atoms. The van der Waals surface area contributed by atoms with Gasteiger partial charge in [0.1, 0.15) is 18.2 Å². The van der Waals surface area contributed by atoms with Gasteiger partial charge in [-0.1, -0.05) is 18.2 Å². The summed E-state index contributed by atoms with van der Waals surface area (Å²) < 4.78 is 27.7. The standard InChI is InChI=1S/C17H13F2N3O2/c18-12-5-6-13-15(7-12)21-10-22(17(13)24)9-16(23)20-8-11-3-1-2-4-14(11)19/h1-7,10H,8-9H2,(H,20,23). The molecule has 5 nitrogen and oxygen atoms in total. The molecule has 0 aliphatic rings. The minimum atomic E-state index is -0.491. The first-order valence-electron chi connectivity index (χ1n) is 7.19. The molecule has 3 rings (SSSR count). The summed E-state index contributed by atoms with van der Waals surface area (Å²) in [4.78, 5) is 28.2. The van der Waals surface area contributed by atoms with E-state index < -0.39 is 23.1 Å². The molecule has 0 bridgehead atoms. The molecule has 0 atom stereocenters. The number of halogens is 2. The fourth-order valence-electron chi connectivity index (χ4n) is 2.29. The van der Waals surface area contributed by atoms with Crippen molar-refractivity contribution in [1.82, 2.24) is 14.9 Å². The molecule has 1 amide bonds. The summed E-state index contributed by atoms with van der Waals surface area (Å²) in [6, 6.07) is 9.73. The monoisotopic (exact) mass is 329 g/mol. The van der Waals surface area contributed by atoms with Crippen molar-refractivity contribution in [2.24, 2.45) is 0 Å². The highest BCUT2D eigenvalue weighted by atomic mass is 19.1. The lowest BCUT2D eigenvalue weighted by atomic mass is 10.2. The van der Waals surface area contributed by atoms with Gasteiger partial charge in [-0.05, 0) is 18.2 Å². The number of carbonyl (C=O) groups is 1. The fourth-order valence-corrected chi connectivity index (χ4v) is 2.29. The maximum Gasteiger partial charge on any atom is 0.261 e. The smallest absolute Gasteiger partial charge is 0.261 e. The molecule has 3 aromatic rings. The van der Waals surface area contributed by atoms with E-state index in [1.54, 1.807) is 18.2 Å². The van der Waals surface area contributed by atoms with Crippen molar-refractivity contribution in [2.75, 3.05) is 0 Å². The molecule has 122 valence electrons. The van der Waals surface area contributed by atoms with Gasteiger partial charge in [-0.3, -0.25) is 14.2 Å². The predicted molar refractivity (Wildman–Crippen MR) is 84.2 cm³/mol. The molecule has 0 saturated carbocycles. The highest BCUT2D eigenvalue weighted by molar-refractivity contribution is 5.79. The first kappa shape index (κ1) is 15.8. The Balaban J connectivity index is 1.74. The van der Waals surface area contributed by atoms with E-state index in [4.69, 9.17) is 0 Å². The molecule has 0 fully saturated rings. The molecule has 1 N–H and O–H groups in total. The third kappa shape index (κ3) is 3.29. The number of amides is 1. The van der Waals surface area contributed by atoms with Gasteiger partial charge in [0.05, 0.1) is 17.2 Å². The van der Waals surface area contributed by atoms with E-state index >= 15 is 0 Å². The molecule has 1 aromatic heterocycles. The second-order valence-corrected chi connectivity index (χ2v) is 5.21. The van der Waals surface area contributed by atoms with E-state index in [0.717, 1.165) is 16.7 Å². The maximum atomic E-state index is 13.5. The van der Waals surface area contributed by atoms with Crippen LogP contribution in [0.2, 0.25) is 0 Å². The quantitative estimate of drug-likeness (QED) is 0.796. The average molecular weight is 329 g/mol. The Morgan fingerprint density at radius 3 is 2.75 bits per heavy atom. The minimum Gasteiger partial charge on any atom is -0.350 e. The molecule has 0 unspecified atom stereocenters.